The highest BCUT2D eigenvalue weighted by Crippen LogP contribution is 2.29. The fourth-order valence-corrected chi connectivity index (χ4v) is 3.46. The van der Waals surface area contributed by atoms with Crippen LogP contribution in [0.4, 0.5) is 0 Å². The summed E-state index contributed by atoms with van der Waals surface area (Å²) in [6, 6.07) is 10.7. The second kappa shape index (κ2) is 6.85. The molecule has 0 bridgehead atoms. The van der Waals surface area contributed by atoms with Gasteiger partial charge in [0.15, 0.2) is 0 Å². The first kappa shape index (κ1) is 16.2. The van der Waals surface area contributed by atoms with Crippen LogP contribution >= 0.6 is 0 Å². The minimum atomic E-state index is 0.0623. The molecular formula is C19H27N3O. The summed E-state index contributed by atoms with van der Waals surface area (Å²) >= 11 is 0. The van der Waals surface area contributed by atoms with Crippen LogP contribution in [0, 0.1) is 0 Å². The van der Waals surface area contributed by atoms with E-state index >= 15 is 0 Å². The fourth-order valence-electron chi connectivity index (χ4n) is 3.46. The highest BCUT2D eigenvalue weighted by molar-refractivity contribution is 5.63. The maximum absolute atomic E-state index is 5.93. The molecule has 0 aliphatic carbocycles. The summed E-state index contributed by atoms with van der Waals surface area (Å²) in [6.07, 6.45) is 4.07. The van der Waals surface area contributed by atoms with Crippen LogP contribution in [0.25, 0.3) is 11.3 Å². The van der Waals surface area contributed by atoms with E-state index in [0.29, 0.717) is 0 Å². The summed E-state index contributed by atoms with van der Waals surface area (Å²) in [6.45, 7) is 8.31. The van der Waals surface area contributed by atoms with E-state index in [-0.39, 0.29) is 5.60 Å². The quantitative estimate of drug-likeness (QED) is 0.846. The van der Waals surface area contributed by atoms with Gasteiger partial charge in [-0.2, -0.15) is 5.10 Å². The lowest BCUT2D eigenvalue weighted by molar-refractivity contribution is -0.0668. The van der Waals surface area contributed by atoms with Crippen LogP contribution in [-0.4, -0.2) is 40.0 Å². The molecule has 1 aliphatic rings. The van der Waals surface area contributed by atoms with Crippen molar-refractivity contribution in [3.63, 3.8) is 0 Å². The van der Waals surface area contributed by atoms with Gasteiger partial charge in [-0.3, -0.25) is 9.58 Å². The molecular weight excluding hydrogens is 286 g/mol. The Morgan fingerprint density at radius 1 is 1.17 bits per heavy atom. The van der Waals surface area contributed by atoms with Crippen molar-refractivity contribution in [2.75, 3.05) is 19.7 Å². The zero-order valence-corrected chi connectivity index (χ0v) is 14.5. The number of hydrogen-bond acceptors (Lipinski definition) is 3. The Balaban J connectivity index is 1.72. The molecule has 4 heteroatoms. The van der Waals surface area contributed by atoms with Crippen molar-refractivity contribution in [1.82, 2.24) is 14.7 Å². The summed E-state index contributed by atoms with van der Waals surface area (Å²) in [5.74, 6) is 0. The topological polar surface area (TPSA) is 30.3 Å². The van der Waals surface area contributed by atoms with Gasteiger partial charge in [-0.1, -0.05) is 24.3 Å². The van der Waals surface area contributed by atoms with Crippen molar-refractivity contribution >= 4 is 0 Å². The molecule has 0 atom stereocenters. The predicted octanol–water partition coefficient (Wildman–Crippen LogP) is 3.48. The highest BCUT2D eigenvalue weighted by Gasteiger charge is 2.30. The normalized spacial score (nSPS) is 18.2. The molecule has 1 fully saturated rings. The van der Waals surface area contributed by atoms with Gasteiger partial charge in [-0.05, 0) is 38.3 Å². The molecule has 2 heterocycles. The molecule has 0 radical (unpaired) electrons. The van der Waals surface area contributed by atoms with Crippen LogP contribution in [0.5, 0.6) is 0 Å². The second-order valence-corrected chi connectivity index (χ2v) is 6.66. The summed E-state index contributed by atoms with van der Waals surface area (Å²) in [5, 5.41) is 4.31. The molecule has 0 spiro atoms. The third kappa shape index (κ3) is 3.65. The SMILES string of the molecule is CCOC1(C)CCN(Cc2ccccc2-c2ccnn2C)CC1. The van der Waals surface area contributed by atoms with Crippen LogP contribution in [0.1, 0.15) is 32.3 Å². The van der Waals surface area contributed by atoms with Crippen LogP contribution in [0.15, 0.2) is 36.5 Å². The Labute approximate surface area is 139 Å². The van der Waals surface area contributed by atoms with Gasteiger partial charge in [0.25, 0.3) is 0 Å². The molecule has 4 nitrogen and oxygen atoms in total. The average molecular weight is 313 g/mol. The van der Waals surface area contributed by atoms with Crippen molar-refractivity contribution in [2.24, 2.45) is 7.05 Å². The largest absolute Gasteiger partial charge is 0.375 e. The summed E-state index contributed by atoms with van der Waals surface area (Å²) in [4.78, 5) is 2.54. The first-order chi connectivity index (χ1) is 11.1. The number of ether oxygens (including phenoxy) is 1. The summed E-state index contributed by atoms with van der Waals surface area (Å²) < 4.78 is 7.87. The van der Waals surface area contributed by atoms with Crippen molar-refractivity contribution < 1.29 is 4.74 Å². The molecule has 23 heavy (non-hydrogen) atoms. The standard InChI is InChI=1S/C19H27N3O/c1-4-23-19(2)10-13-22(14-11-19)15-16-7-5-6-8-17(16)18-9-12-20-21(18)3/h5-9,12H,4,10-11,13-15H2,1-3H3. The number of benzene rings is 1. The molecule has 124 valence electrons. The molecule has 0 unspecified atom stereocenters. The Morgan fingerprint density at radius 3 is 2.57 bits per heavy atom. The molecule has 1 aromatic heterocycles. The minimum absolute atomic E-state index is 0.0623. The molecule has 1 aromatic carbocycles. The van der Waals surface area contributed by atoms with Gasteiger partial charge in [0, 0.05) is 45.0 Å². The number of rotatable bonds is 5. The molecule has 2 aromatic rings. The molecule has 0 N–H and O–H groups in total. The number of aromatic nitrogens is 2. The number of likely N-dealkylation sites (tertiary alicyclic amines) is 1. The van der Waals surface area contributed by atoms with Crippen molar-refractivity contribution in [3.8, 4) is 11.3 Å². The number of hydrogen-bond donors (Lipinski definition) is 0. The molecule has 0 saturated carbocycles. The number of piperidine rings is 1. The van der Waals surface area contributed by atoms with Gasteiger partial charge in [0.05, 0.1) is 11.3 Å². The lowest BCUT2D eigenvalue weighted by Gasteiger charge is -2.39. The van der Waals surface area contributed by atoms with E-state index in [1.165, 1.54) is 16.8 Å². The molecule has 3 rings (SSSR count). The Kier molecular flexibility index (Phi) is 4.83. The van der Waals surface area contributed by atoms with Crippen molar-refractivity contribution in [3.05, 3.63) is 42.1 Å². The second-order valence-electron chi connectivity index (χ2n) is 6.66. The monoisotopic (exact) mass is 313 g/mol. The Hall–Kier alpha value is -1.65. The van der Waals surface area contributed by atoms with Gasteiger partial charge in [-0.15, -0.1) is 0 Å². The van der Waals surface area contributed by atoms with Crippen molar-refractivity contribution in [2.45, 2.75) is 38.8 Å². The van der Waals surface area contributed by atoms with E-state index in [2.05, 4.69) is 54.2 Å². The lowest BCUT2D eigenvalue weighted by atomic mass is 9.92. The zero-order chi connectivity index (χ0) is 16.3. The van der Waals surface area contributed by atoms with E-state index in [0.717, 1.165) is 39.1 Å². The maximum Gasteiger partial charge on any atom is 0.0682 e. The van der Waals surface area contributed by atoms with Crippen LogP contribution in [0.3, 0.4) is 0 Å². The van der Waals surface area contributed by atoms with Crippen LogP contribution in [-0.2, 0) is 18.3 Å². The van der Waals surface area contributed by atoms with E-state index in [1.54, 1.807) is 0 Å². The van der Waals surface area contributed by atoms with E-state index in [9.17, 15) is 0 Å². The van der Waals surface area contributed by atoms with Crippen LogP contribution in [0.2, 0.25) is 0 Å². The Morgan fingerprint density at radius 2 is 1.91 bits per heavy atom. The molecule has 1 aliphatic heterocycles. The summed E-state index contributed by atoms with van der Waals surface area (Å²) in [5.41, 5.74) is 3.89. The first-order valence-corrected chi connectivity index (χ1v) is 8.54. The third-order valence-electron chi connectivity index (χ3n) is 4.91. The molecule has 0 amide bonds. The third-order valence-corrected chi connectivity index (χ3v) is 4.91. The average Bonchev–Trinajstić information content (AvgIpc) is 2.96. The Bertz CT molecular complexity index is 642. The van der Waals surface area contributed by atoms with Crippen molar-refractivity contribution in [1.29, 1.82) is 0 Å². The van der Waals surface area contributed by atoms with E-state index in [4.69, 9.17) is 4.74 Å². The van der Waals surface area contributed by atoms with Gasteiger partial charge < -0.3 is 4.74 Å². The number of aryl methyl sites for hydroxylation is 1. The van der Waals surface area contributed by atoms with Crippen LogP contribution < -0.4 is 0 Å². The lowest BCUT2D eigenvalue weighted by Crippen LogP contribution is -2.43. The van der Waals surface area contributed by atoms with E-state index < -0.39 is 0 Å². The first-order valence-electron chi connectivity index (χ1n) is 8.54. The maximum atomic E-state index is 5.93. The summed E-state index contributed by atoms with van der Waals surface area (Å²) in [7, 11) is 2.00. The smallest absolute Gasteiger partial charge is 0.0682 e. The predicted molar refractivity (Wildman–Crippen MR) is 93.2 cm³/mol. The van der Waals surface area contributed by atoms with E-state index in [1.807, 2.05) is 17.9 Å². The van der Waals surface area contributed by atoms with Gasteiger partial charge >= 0.3 is 0 Å². The van der Waals surface area contributed by atoms with Gasteiger partial charge in [-0.25, -0.2) is 0 Å². The minimum Gasteiger partial charge on any atom is -0.375 e. The fraction of sp³-hybridized carbons (Fsp3) is 0.526. The highest BCUT2D eigenvalue weighted by atomic mass is 16.5. The number of nitrogens with zero attached hydrogens (tertiary/aromatic N) is 3. The molecule has 1 saturated heterocycles. The van der Waals surface area contributed by atoms with Gasteiger partial charge in [0.2, 0.25) is 0 Å². The zero-order valence-electron chi connectivity index (χ0n) is 14.5. The van der Waals surface area contributed by atoms with Gasteiger partial charge in [0.1, 0.15) is 0 Å².